The van der Waals surface area contributed by atoms with Crippen LogP contribution in [-0.2, 0) is 7.05 Å². The summed E-state index contributed by atoms with van der Waals surface area (Å²) in [7, 11) is 1.88. The van der Waals surface area contributed by atoms with Crippen molar-refractivity contribution in [3.63, 3.8) is 0 Å². The molecule has 1 atom stereocenters. The number of nitrogens with zero attached hydrogens (tertiary/aromatic N) is 4. The molecular formula is C16H20N6O2. The molecule has 8 heteroatoms. The molecule has 0 radical (unpaired) electrons. The van der Waals surface area contributed by atoms with E-state index in [9.17, 15) is 9.59 Å². The van der Waals surface area contributed by atoms with Crippen LogP contribution in [0, 0.1) is 0 Å². The van der Waals surface area contributed by atoms with Crippen molar-refractivity contribution >= 4 is 17.6 Å². The number of hydrogen-bond acceptors (Lipinski definition) is 4. The highest BCUT2D eigenvalue weighted by molar-refractivity contribution is 5.92. The Kier molecular flexibility index (Phi) is 4.45. The molecule has 0 saturated carbocycles. The minimum Gasteiger partial charge on any atom is -0.364 e. The summed E-state index contributed by atoms with van der Waals surface area (Å²) in [6.45, 7) is 0.689. The summed E-state index contributed by atoms with van der Waals surface area (Å²) >= 11 is 0. The Balaban J connectivity index is 1.74. The first-order valence-corrected chi connectivity index (χ1v) is 7.87. The maximum Gasteiger partial charge on any atom is 0.322 e. The van der Waals surface area contributed by atoms with Gasteiger partial charge >= 0.3 is 6.03 Å². The van der Waals surface area contributed by atoms with Crippen LogP contribution >= 0.6 is 0 Å². The molecule has 0 aromatic carbocycles. The van der Waals surface area contributed by atoms with Crippen LogP contribution in [0.25, 0.3) is 0 Å². The van der Waals surface area contributed by atoms with Gasteiger partial charge in [0.1, 0.15) is 5.69 Å². The molecule has 2 aromatic rings. The van der Waals surface area contributed by atoms with Crippen LogP contribution in [0.2, 0.25) is 0 Å². The number of primary amides is 1. The van der Waals surface area contributed by atoms with Gasteiger partial charge in [0.05, 0.1) is 23.6 Å². The average Bonchev–Trinajstić information content (AvgIpc) is 3.01. The fourth-order valence-corrected chi connectivity index (χ4v) is 3.00. The summed E-state index contributed by atoms with van der Waals surface area (Å²) in [6, 6.07) is 4.87. The third kappa shape index (κ3) is 3.22. The van der Waals surface area contributed by atoms with E-state index in [1.807, 2.05) is 18.0 Å². The lowest BCUT2D eigenvalue weighted by molar-refractivity contribution is 0.0995. The van der Waals surface area contributed by atoms with Gasteiger partial charge in [-0.3, -0.25) is 9.48 Å². The highest BCUT2D eigenvalue weighted by Crippen LogP contribution is 2.30. The maximum atomic E-state index is 12.7. The second kappa shape index (κ2) is 6.69. The molecule has 3 rings (SSSR count). The zero-order valence-electron chi connectivity index (χ0n) is 13.5. The van der Waals surface area contributed by atoms with Crippen molar-refractivity contribution in [3.8, 4) is 0 Å². The van der Waals surface area contributed by atoms with Crippen LogP contribution in [-0.4, -0.2) is 38.1 Å². The fraction of sp³-hybridized carbons (Fsp3) is 0.375. The van der Waals surface area contributed by atoms with E-state index in [-0.39, 0.29) is 17.8 Å². The highest BCUT2D eigenvalue weighted by Gasteiger charge is 2.29. The molecule has 1 saturated heterocycles. The Morgan fingerprint density at radius 3 is 2.75 bits per heavy atom. The number of likely N-dealkylation sites (tertiary alicyclic amines) is 1. The number of aryl methyl sites for hydroxylation is 1. The smallest absolute Gasteiger partial charge is 0.322 e. The van der Waals surface area contributed by atoms with E-state index in [0.717, 1.165) is 25.0 Å². The number of amides is 3. The number of piperidine rings is 1. The van der Waals surface area contributed by atoms with Crippen LogP contribution in [0.5, 0.6) is 0 Å². The standard InChI is InChI=1S/C16H20N6O2/c1-21-13(7-8-19-21)14-4-2-3-9-22(14)16(24)20-11-5-6-12(15(17)23)18-10-11/h5-8,10,14H,2-4,9H2,1H3,(H2,17,23)(H,20,24)/t14-/m1/s1. The largest absolute Gasteiger partial charge is 0.364 e. The SMILES string of the molecule is Cn1nccc1[C@H]1CCCCN1C(=O)Nc1ccc(C(N)=O)nc1. The number of hydrogen-bond donors (Lipinski definition) is 2. The Morgan fingerprint density at radius 1 is 1.29 bits per heavy atom. The third-order valence-electron chi connectivity index (χ3n) is 4.23. The topological polar surface area (TPSA) is 106 Å². The van der Waals surface area contributed by atoms with Crippen molar-refractivity contribution in [2.75, 3.05) is 11.9 Å². The first kappa shape index (κ1) is 16.0. The van der Waals surface area contributed by atoms with Gasteiger partial charge < -0.3 is 16.0 Å². The van der Waals surface area contributed by atoms with Crippen LogP contribution in [0.1, 0.15) is 41.5 Å². The summed E-state index contributed by atoms with van der Waals surface area (Å²) in [5, 5.41) is 7.03. The predicted octanol–water partition coefficient (Wildman–Crippen LogP) is 1.67. The van der Waals surface area contributed by atoms with Crippen LogP contribution in [0.3, 0.4) is 0 Å². The number of carbonyl (C=O) groups is 2. The van der Waals surface area contributed by atoms with E-state index in [0.29, 0.717) is 12.2 Å². The molecule has 126 valence electrons. The lowest BCUT2D eigenvalue weighted by Crippen LogP contribution is -2.41. The normalized spacial score (nSPS) is 17.5. The molecule has 3 N–H and O–H groups in total. The van der Waals surface area contributed by atoms with Gasteiger partial charge in [-0.2, -0.15) is 5.10 Å². The Labute approximate surface area is 139 Å². The summed E-state index contributed by atoms with van der Waals surface area (Å²) in [5.41, 5.74) is 6.88. The predicted molar refractivity (Wildman–Crippen MR) is 88.3 cm³/mol. The lowest BCUT2D eigenvalue weighted by atomic mass is 10.00. The summed E-state index contributed by atoms with van der Waals surface area (Å²) < 4.78 is 1.81. The molecule has 1 aliphatic rings. The Bertz CT molecular complexity index is 739. The number of anilines is 1. The molecule has 1 aliphatic heterocycles. The van der Waals surface area contributed by atoms with E-state index in [1.165, 1.54) is 12.3 Å². The second-order valence-electron chi connectivity index (χ2n) is 5.81. The number of nitrogens with two attached hydrogens (primary N) is 1. The number of urea groups is 1. The van der Waals surface area contributed by atoms with Crippen molar-refractivity contribution in [2.24, 2.45) is 12.8 Å². The minimum absolute atomic E-state index is 0.00380. The van der Waals surface area contributed by atoms with Crippen molar-refractivity contribution < 1.29 is 9.59 Å². The van der Waals surface area contributed by atoms with Crippen molar-refractivity contribution in [2.45, 2.75) is 25.3 Å². The van der Waals surface area contributed by atoms with E-state index >= 15 is 0 Å². The summed E-state index contributed by atoms with van der Waals surface area (Å²) in [6.07, 6.45) is 6.13. The first-order valence-electron chi connectivity index (χ1n) is 7.87. The lowest BCUT2D eigenvalue weighted by Gasteiger charge is -2.35. The van der Waals surface area contributed by atoms with Crippen molar-refractivity contribution in [1.82, 2.24) is 19.7 Å². The molecule has 2 aromatic heterocycles. The molecule has 0 spiro atoms. The molecule has 0 unspecified atom stereocenters. The molecule has 0 bridgehead atoms. The van der Waals surface area contributed by atoms with Gasteiger partial charge in [0, 0.05) is 19.8 Å². The van der Waals surface area contributed by atoms with E-state index in [4.69, 9.17) is 5.73 Å². The van der Waals surface area contributed by atoms with Gasteiger partial charge in [-0.15, -0.1) is 0 Å². The fourth-order valence-electron chi connectivity index (χ4n) is 3.00. The molecule has 24 heavy (non-hydrogen) atoms. The van der Waals surface area contributed by atoms with E-state index in [1.54, 1.807) is 16.9 Å². The minimum atomic E-state index is -0.597. The van der Waals surface area contributed by atoms with E-state index in [2.05, 4.69) is 15.4 Å². The maximum absolute atomic E-state index is 12.7. The number of nitrogens with one attached hydrogen (secondary N) is 1. The second-order valence-corrected chi connectivity index (χ2v) is 5.81. The number of pyridine rings is 1. The third-order valence-corrected chi connectivity index (χ3v) is 4.23. The molecule has 0 aliphatic carbocycles. The van der Waals surface area contributed by atoms with Crippen molar-refractivity contribution in [1.29, 1.82) is 0 Å². The Hall–Kier alpha value is -2.90. The van der Waals surface area contributed by atoms with Crippen LogP contribution < -0.4 is 11.1 Å². The quantitative estimate of drug-likeness (QED) is 0.894. The summed E-state index contributed by atoms with van der Waals surface area (Å²) in [5.74, 6) is -0.597. The average molecular weight is 328 g/mol. The van der Waals surface area contributed by atoms with Gasteiger partial charge in [0.25, 0.3) is 5.91 Å². The van der Waals surface area contributed by atoms with E-state index < -0.39 is 5.91 Å². The molecular weight excluding hydrogens is 308 g/mol. The van der Waals surface area contributed by atoms with Gasteiger partial charge in [0.2, 0.25) is 0 Å². The zero-order valence-corrected chi connectivity index (χ0v) is 13.5. The highest BCUT2D eigenvalue weighted by atomic mass is 16.2. The van der Waals surface area contributed by atoms with Gasteiger partial charge in [-0.1, -0.05) is 0 Å². The molecule has 3 amide bonds. The number of rotatable bonds is 3. The van der Waals surface area contributed by atoms with Crippen LogP contribution in [0.15, 0.2) is 30.6 Å². The first-order chi connectivity index (χ1) is 11.6. The number of carbonyl (C=O) groups excluding carboxylic acids is 2. The monoisotopic (exact) mass is 328 g/mol. The Morgan fingerprint density at radius 2 is 2.12 bits per heavy atom. The van der Waals surface area contributed by atoms with Crippen LogP contribution in [0.4, 0.5) is 10.5 Å². The van der Waals surface area contributed by atoms with Crippen molar-refractivity contribution in [3.05, 3.63) is 42.0 Å². The number of aromatic nitrogens is 3. The molecule has 3 heterocycles. The van der Waals surface area contributed by atoms with Gasteiger partial charge in [-0.25, -0.2) is 9.78 Å². The van der Waals surface area contributed by atoms with Gasteiger partial charge in [0.15, 0.2) is 0 Å². The summed E-state index contributed by atoms with van der Waals surface area (Å²) in [4.78, 5) is 29.5. The zero-order chi connectivity index (χ0) is 17.1. The molecule has 1 fully saturated rings. The molecule has 8 nitrogen and oxygen atoms in total. The van der Waals surface area contributed by atoms with Gasteiger partial charge in [-0.05, 0) is 37.5 Å².